The first-order chi connectivity index (χ1) is 14.7. The average Bonchev–Trinajstić information content (AvgIpc) is 3.03. The molecule has 10 nitrogen and oxygen atoms in total. The van der Waals surface area contributed by atoms with Crippen LogP contribution in [-0.2, 0) is 4.74 Å². The van der Waals surface area contributed by atoms with Crippen molar-refractivity contribution in [3.8, 4) is 28.7 Å². The first kappa shape index (κ1) is 20.9. The molecule has 1 saturated heterocycles. The predicted octanol–water partition coefficient (Wildman–Crippen LogP) is 0.626. The molecule has 0 bridgehead atoms. The number of ketones is 1. The number of fused-ring (bicyclic) bond motifs is 1. The molecule has 10 heteroatoms. The Morgan fingerprint density at radius 2 is 1.68 bits per heavy atom. The summed E-state index contributed by atoms with van der Waals surface area (Å²) in [5.74, 6) is -1.87. The van der Waals surface area contributed by atoms with Crippen molar-refractivity contribution in [2.24, 2.45) is 0 Å². The number of phenols is 3. The van der Waals surface area contributed by atoms with Crippen LogP contribution in [0.5, 0.6) is 28.7 Å². The molecular weight excluding hydrogens is 412 g/mol. The Hall–Kier alpha value is -3.31. The van der Waals surface area contributed by atoms with Crippen molar-refractivity contribution in [2.45, 2.75) is 37.6 Å². The molecule has 164 valence electrons. The smallest absolute Gasteiger partial charge is 0.235 e. The molecule has 0 spiro atoms. The summed E-state index contributed by atoms with van der Waals surface area (Å²) in [6.45, 7) is 1.50. The minimum atomic E-state index is -1.55. The van der Waals surface area contributed by atoms with Gasteiger partial charge in [0.2, 0.25) is 12.1 Å². The maximum absolute atomic E-state index is 12.6. The number of hydrogen-bond acceptors (Lipinski definition) is 10. The molecule has 4 rings (SSSR count). The summed E-state index contributed by atoms with van der Waals surface area (Å²) in [4.78, 5) is 12.6. The van der Waals surface area contributed by atoms with Crippen LogP contribution in [0, 0.1) is 0 Å². The molecule has 2 aromatic rings. The fraction of sp³-hybridized carbons (Fsp3) is 0.286. The Kier molecular flexibility index (Phi) is 5.23. The fourth-order valence-corrected chi connectivity index (χ4v) is 3.36. The lowest BCUT2D eigenvalue weighted by Gasteiger charge is -2.38. The van der Waals surface area contributed by atoms with E-state index >= 15 is 0 Å². The second-order valence-electron chi connectivity index (χ2n) is 7.30. The normalized spacial score (nSPS) is 29.0. The first-order valence-corrected chi connectivity index (χ1v) is 9.35. The third-order valence-electron chi connectivity index (χ3n) is 5.08. The Morgan fingerprint density at radius 1 is 0.935 bits per heavy atom. The SMILES string of the molecule is C[C@@H]1O[C@H](Oc2cc(O)c3c(c2)O/C(=C\c2ccc(O)c(O)c2)C3=O)[C@H](O)[C@H](O)[C@H]1O. The lowest BCUT2D eigenvalue weighted by Crippen LogP contribution is -2.58. The van der Waals surface area contributed by atoms with E-state index in [1.807, 2.05) is 0 Å². The quantitative estimate of drug-likeness (QED) is 0.299. The van der Waals surface area contributed by atoms with Gasteiger partial charge in [0.05, 0.1) is 6.10 Å². The van der Waals surface area contributed by atoms with Crippen LogP contribution in [-0.4, -0.2) is 67.1 Å². The Balaban J connectivity index is 1.59. The van der Waals surface area contributed by atoms with Crippen molar-refractivity contribution in [1.82, 2.24) is 0 Å². The summed E-state index contributed by atoms with van der Waals surface area (Å²) in [6.07, 6.45) is -5.17. The first-order valence-electron chi connectivity index (χ1n) is 9.35. The molecule has 6 N–H and O–H groups in total. The largest absolute Gasteiger partial charge is 0.507 e. The molecule has 2 aliphatic rings. The molecule has 0 saturated carbocycles. The number of rotatable bonds is 3. The monoisotopic (exact) mass is 432 g/mol. The summed E-state index contributed by atoms with van der Waals surface area (Å²) in [7, 11) is 0. The van der Waals surface area contributed by atoms with Gasteiger partial charge >= 0.3 is 0 Å². The number of benzene rings is 2. The highest BCUT2D eigenvalue weighted by atomic mass is 16.7. The molecule has 5 atom stereocenters. The highest BCUT2D eigenvalue weighted by molar-refractivity contribution is 6.16. The van der Waals surface area contributed by atoms with E-state index in [9.17, 15) is 35.4 Å². The second-order valence-corrected chi connectivity index (χ2v) is 7.30. The minimum absolute atomic E-state index is 0.00631. The lowest BCUT2D eigenvalue weighted by atomic mass is 10.00. The molecule has 2 aliphatic heterocycles. The highest BCUT2D eigenvalue weighted by Gasteiger charge is 2.43. The summed E-state index contributed by atoms with van der Waals surface area (Å²) in [6, 6.07) is 6.38. The van der Waals surface area contributed by atoms with Crippen LogP contribution < -0.4 is 9.47 Å². The zero-order valence-corrected chi connectivity index (χ0v) is 16.2. The third-order valence-corrected chi connectivity index (χ3v) is 5.08. The van der Waals surface area contributed by atoms with Gasteiger partial charge in [-0.1, -0.05) is 6.07 Å². The van der Waals surface area contributed by atoms with Gasteiger partial charge < -0.3 is 44.8 Å². The number of aliphatic hydroxyl groups excluding tert-OH is 3. The predicted molar refractivity (Wildman–Crippen MR) is 104 cm³/mol. The summed E-state index contributed by atoms with van der Waals surface area (Å²) >= 11 is 0. The zero-order valence-electron chi connectivity index (χ0n) is 16.2. The van der Waals surface area contributed by atoms with Crippen molar-refractivity contribution < 1.29 is 49.6 Å². The van der Waals surface area contributed by atoms with Crippen LogP contribution in [0.25, 0.3) is 6.08 Å². The third kappa shape index (κ3) is 3.77. The number of aliphatic hydroxyl groups is 3. The Morgan fingerprint density at radius 3 is 2.39 bits per heavy atom. The van der Waals surface area contributed by atoms with Crippen molar-refractivity contribution in [1.29, 1.82) is 0 Å². The molecule has 2 aromatic carbocycles. The van der Waals surface area contributed by atoms with Gasteiger partial charge in [-0.2, -0.15) is 0 Å². The van der Waals surface area contributed by atoms with Crippen LogP contribution in [0.2, 0.25) is 0 Å². The minimum Gasteiger partial charge on any atom is -0.507 e. The standard InChI is InChI=1S/C21H20O10/c1-8-17(25)19(27)20(28)21(29-8)30-10-6-13(24)16-14(7-10)31-15(18(16)26)5-9-2-3-11(22)12(23)4-9/h2-8,17,19-25,27-28H,1H3/b15-5-/t8-,17-,19+,20+,21+/m0/s1. The number of phenolic OH excluding ortho intramolecular Hbond substituents is 3. The van der Waals surface area contributed by atoms with Crippen molar-refractivity contribution in [2.75, 3.05) is 0 Å². The van der Waals surface area contributed by atoms with Crippen LogP contribution >= 0.6 is 0 Å². The van der Waals surface area contributed by atoms with Gasteiger partial charge in [0.15, 0.2) is 17.3 Å². The fourth-order valence-electron chi connectivity index (χ4n) is 3.36. The van der Waals surface area contributed by atoms with Crippen molar-refractivity contribution in [3.05, 3.63) is 47.2 Å². The lowest BCUT2D eigenvalue weighted by molar-refractivity contribution is -0.268. The van der Waals surface area contributed by atoms with Gasteiger partial charge in [-0.3, -0.25) is 4.79 Å². The molecular formula is C21H20O10. The number of hydrogen-bond donors (Lipinski definition) is 6. The Labute approximate surface area is 175 Å². The van der Waals surface area contributed by atoms with Crippen LogP contribution in [0.1, 0.15) is 22.8 Å². The molecule has 0 aromatic heterocycles. The molecule has 0 radical (unpaired) electrons. The molecule has 0 unspecified atom stereocenters. The van der Waals surface area contributed by atoms with E-state index in [2.05, 4.69) is 0 Å². The zero-order chi connectivity index (χ0) is 22.4. The van der Waals surface area contributed by atoms with E-state index in [1.54, 1.807) is 0 Å². The molecule has 0 amide bonds. The van der Waals surface area contributed by atoms with Gasteiger partial charge in [-0.15, -0.1) is 0 Å². The number of carbonyl (C=O) groups excluding carboxylic acids is 1. The maximum Gasteiger partial charge on any atom is 0.235 e. The van der Waals surface area contributed by atoms with Gasteiger partial charge in [0.25, 0.3) is 0 Å². The molecule has 1 fully saturated rings. The van der Waals surface area contributed by atoms with E-state index in [0.717, 1.165) is 6.07 Å². The molecule has 31 heavy (non-hydrogen) atoms. The second kappa shape index (κ2) is 7.75. The number of aromatic hydroxyl groups is 3. The number of allylic oxidation sites excluding steroid dienone is 1. The average molecular weight is 432 g/mol. The molecule has 0 aliphatic carbocycles. The van der Waals surface area contributed by atoms with E-state index in [4.69, 9.17) is 14.2 Å². The number of ether oxygens (including phenoxy) is 3. The van der Waals surface area contributed by atoms with E-state index in [0.29, 0.717) is 5.56 Å². The maximum atomic E-state index is 12.6. The van der Waals surface area contributed by atoms with Gasteiger partial charge in [0.1, 0.15) is 41.1 Å². The van der Waals surface area contributed by atoms with Gasteiger partial charge in [-0.05, 0) is 30.7 Å². The highest BCUT2D eigenvalue weighted by Crippen LogP contribution is 2.42. The summed E-state index contributed by atoms with van der Waals surface area (Å²) < 4.78 is 16.4. The Bertz CT molecular complexity index is 1060. The summed E-state index contributed by atoms with van der Waals surface area (Å²) in [5, 5.41) is 59.0. The van der Waals surface area contributed by atoms with E-state index in [1.165, 1.54) is 37.3 Å². The van der Waals surface area contributed by atoms with Crippen molar-refractivity contribution in [3.63, 3.8) is 0 Å². The number of Topliss-reactive ketones (excluding diaryl/α,β-unsaturated/α-hetero) is 1. The van der Waals surface area contributed by atoms with Crippen LogP contribution in [0.3, 0.4) is 0 Å². The summed E-state index contributed by atoms with van der Waals surface area (Å²) in [5.41, 5.74) is 0.276. The molecule has 2 heterocycles. The van der Waals surface area contributed by atoms with Gasteiger partial charge in [-0.25, -0.2) is 0 Å². The van der Waals surface area contributed by atoms with Crippen molar-refractivity contribution >= 4 is 11.9 Å². The van der Waals surface area contributed by atoms with Gasteiger partial charge in [0, 0.05) is 12.1 Å². The van der Waals surface area contributed by atoms with Crippen LogP contribution in [0.15, 0.2) is 36.1 Å². The van der Waals surface area contributed by atoms with Crippen LogP contribution in [0.4, 0.5) is 0 Å². The number of carbonyl (C=O) groups is 1. The topological polar surface area (TPSA) is 166 Å². The van der Waals surface area contributed by atoms with E-state index < -0.39 is 42.2 Å². The van der Waals surface area contributed by atoms with E-state index in [-0.39, 0.29) is 34.3 Å².